The highest BCUT2D eigenvalue weighted by Gasteiger charge is 2.21. The standard InChI is InChI=1S/C22H22N4O/c1-15(2)16-7-9-18(10-8-16)23-22(27)19-11-12-21(25-24-19)26-14-13-17-5-3-4-6-20(17)26/h3-12,15H,13-14H2,1-2H3,(H,23,27). The number of carbonyl (C=O) groups is 1. The smallest absolute Gasteiger partial charge is 0.276 e. The number of fused-ring (bicyclic) bond motifs is 1. The molecule has 1 aromatic heterocycles. The van der Waals surface area contributed by atoms with Crippen LogP contribution in [0.1, 0.15) is 41.4 Å². The summed E-state index contributed by atoms with van der Waals surface area (Å²) in [6.07, 6.45) is 0.993. The number of hydrogen-bond donors (Lipinski definition) is 1. The van der Waals surface area contributed by atoms with Crippen LogP contribution in [0.4, 0.5) is 17.2 Å². The van der Waals surface area contributed by atoms with Crippen LogP contribution in [0.3, 0.4) is 0 Å². The SMILES string of the molecule is CC(C)c1ccc(NC(=O)c2ccc(N3CCc4ccccc43)nn2)cc1. The minimum atomic E-state index is -0.256. The summed E-state index contributed by atoms with van der Waals surface area (Å²) in [6.45, 7) is 5.16. The molecule has 0 atom stereocenters. The van der Waals surface area contributed by atoms with Gasteiger partial charge in [0.25, 0.3) is 5.91 Å². The summed E-state index contributed by atoms with van der Waals surface area (Å²) in [4.78, 5) is 14.6. The molecule has 1 aliphatic heterocycles. The number of anilines is 3. The summed E-state index contributed by atoms with van der Waals surface area (Å²) >= 11 is 0. The van der Waals surface area contributed by atoms with E-state index >= 15 is 0 Å². The van der Waals surface area contributed by atoms with Crippen LogP contribution < -0.4 is 10.2 Å². The number of rotatable bonds is 4. The molecule has 0 bridgehead atoms. The molecule has 0 radical (unpaired) electrons. The topological polar surface area (TPSA) is 58.1 Å². The first-order valence-corrected chi connectivity index (χ1v) is 9.22. The Morgan fingerprint density at radius 2 is 1.78 bits per heavy atom. The monoisotopic (exact) mass is 358 g/mol. The van der Waals surface area contributed by atoms with Gasteiger partial charge >= 0.3 is 0 Å². The van der Waals surface area contributed by atoms with Gasteiger partial charge in [0.2, 0.25) is 0 Å². The van der Waals surface area contributed by atoms with E-state index in [9.17, 15) is 4.79 Å². The molecule has 5 nitrogen and oxygen atoms in total. The number of nitrogens with one attached hydrogen (secondary N) is 1. The molecule has 0 fully saturated rings. The van der Waals surface area contributed by atoms with Gasteiger partial charge in [0.1, 0.15) is 0 Å². The Kier molecular flexibility index (Phi) is 4.59. The van der Waals surface area contributed by atoms with Crippen molar-refractivity contribution in [3.05, 3.63) is 77.5 Å². The lowest BCUT2D eigenvalue weighted by atomic mass is 10.0. The Morgan fingerprint density at radius 3 is 2.48 bits per heavy atom. The second kappa shape index (κ2) is 7.19. The van der Waals surface area contributed by atoms with Gasteiger partial charge in [-0.2, -0.15) is 0 Å². The molecular formula is C22H22N4O. The maximum atomic E-state index is 12.4. The third-order valence-electron chi connectivity index (χ3n) is 4.88. The fraction of sp³-hybridized carbons (Fsp3) is 0.227. The summed E-state index contributed by atoms with van der Waals surface area (Å²) in [5.41, 5.74) is 4.77. The second-order valence-electron chi connectivity index (χ2n) is 7.04. The zero-order valence-electron chi connectivity index (χ0n) is 15.5. The molecule has 1 N–H and O–H groups in total. The van der Waals surface area contributed by atoms with Crippen LogP contribution in [-0.4, -0.2) is 22.6 Å². The number of aromatic nitrogens is 2. The molecule has 0 saturated heterocycles. The molecule has 2 aromatic carbocycles. The van der Waals surface area contributed by atoms with Crippen LogP contribution in [0, 0.1) is 0 Å². The molecule has 0 unspecified atom stereocenters. The average Bonchev–Trinajstić information content (AvgIpc) is 3.12. The van der Waals surface area contributed by atoms with Crippen LogP contribution in [0.2, 0.25) is 0 Å². The van der Waals surface area contributed by atoms with Crippen molar-refractivity contribution in [1.29, 1.82) is 0 Å². The summed E-state index contributed by atoms with van der Waals surface area (Å²) in [6, 6.07) is 19.8. The Labute approximate surface area is 159 Å². The van der Waals surface area contributed by atoms with E-state index in [2.05, 4.69) is 52.5 Å². The Bertz CT molecular complexity index is 949. The predicted molar refractivity (Wildman–Crippen MR) is 108 cm³/mol. The van der Waals surface area contributed by atoms with Gasteiger partial charge in [0.05, 0.1) is 0 Å². The van der Waals surface area contributed by atoms with Crippen molar-refractivity contribution in [2.24, 2.45) is 0 Å². The lowest BCUT2D eigenvalue weighted by molar-refractivity contribution is 0.102. The van der Waals surface area contributed by atoms with Crippen molar-refractivity contribution in [3.8, 4) is 0 Å². The normalized spacial score (nSPS) is 12.9. The summed E-state index contributed by atoms with van der Waals surface area (Å²) in [5.74, 6) is 0.967. The van der Waals surface area contributed by atoms with E-state index in [1.807, 2.05) is 36.4 Å². The highest BCUT2D eigenvalue weighted by Crippen LogP contribution is 2.32. The largest absolute Gasteiger partial charge is 0.324 e. The number of hydrogen-bond acceptors (Lipinski definition) is 4. The Hall–Kier alpha value is -3.21. The van der Waals surface area contributed by atoms with Crippen molar-refractivity contribution in [3.63, 3.8) is 0 Å². The summed E-state index contributed by atoms with van der Waals surface area (Å²) in [5, 5.41) is 11.3. The van der Waals surface area contributed by atoms with Crippen LogP contribution in [0.5, 0.6) is 0 Å². The number of amides is 1. The van der Waals surface area contributed by atoms with Crippen molar-refractivity contribution in [2.75, 3.05) is 16.8 Å². The summed E-state index contributed by atoms with van der Waals surface area (Å²) in [7, 11) is 0. The fourth-order valence-corrected chi connectivity index (χ4v) is 3.31. The van der Waals surface area contributed by atoms with E-state index < -0.39 is 0 Å². The molecule has 2 heterocycles. The Balaban J connectivity index is 1.47. The lowest BCUT2D eigenvalue weighted by Gasteiger charge is -2.17. The van der Waals surface area contributed by atoms with Crippen LogP contribution in [0.15, 0.2) is 60.7 Å². The van der Waals surface area contributed by atoms with Crippen LogP contribution in [-0.2, 0) is 6.42 Å². The fourth-order valence-electron chi connectivity index (χ4n) is 3.31. The minimum absolute atomic E-state index is 0.256. The molecule has 5 heteroatoms. The molecular weight excluding hydrogens is 336 g/mol. The van der Waals surface area contributed by atoms with Gasteiger partial charge in [-0.25, -0.2) is 0 Å². The lowest BCUT2D eigenvalue weighted by Crippen LogP contribution is -2.18. The van der Waals surface area contributed by atoms with Gasteiger partial charge in [0.15, 0.2) is 11.5 Å². The van der Waals surface area contributed by atoms with Crippen molar-refractivity contribution >= 4 is 23.1 Å². The molecule has 1 amide bonds. The molecule has 136 valence electrons. The second-order valence-corrected chi connectivity index (χ2v) is 7.04. The van der Waals surface area contributed by atoms with E-state index in [4.69, 9.17) is 0 Å². The molecule has 1 aliphatic rings. The van der Waals surface area contributed by atoms with Crippen LogP contribution in [0.25, 0.3) is 0 Å². The predicted octanol–water partition coefficient (Wildman–Crippen LogP) is 4.55. The first kappa shape index (κ1) is 17.2. The molecule has 0 aliphatic carbocycles. The third kappa shape index (κ3) is 3.53. The maximum Gasteiger partial charge on any atom is 0.276 e. The first-order chi connectivity index (χ1) is 13.1. The van der Waals surface area contributed by atoms with Crippen molar-refractivity contribution in [2.45, 2.75) is 26.2 Å². The van der Waals surface area contributed by atoms with E-state index in [0.29, 0.717) is 11.6 Å². The molecule has 27 heavy (non-hydrogen) atoms. The summed E-state index contributed by atoms with van der Waals surface area (Å²) < 4.78 is 0. The van der Waals surface area contributed by atoms with E-state index in [0.717, 1.165) is 30.2 Å². The number of carbonyl (C=O) groups excluding carboxylic acids is 1. The Morgan fingerprint density at radius 1 is 1.00 bits per heavy atom. The molecule has 3 aromatic rings. The van der Waals surface area contributed by atoms with Gasteiger partial charge in [-0.05, 0) is 53.8 Å². The van der Waals surface area contributed by atoms with Gasteiger partial charge < -0.3 is 10.2 Å². The van der Waals surface area contributed by atoms with Crippen molar-refractivity contribution < 1.29 is 4.79 Å². The van der Waals surface area contributed by atoms with Gasteiger partial charge in [-0.1, -0.05) is 44.2 Å². The number of nitrogens with zero attached hydrogens (tertiary/aromatic N) is 3. The third-order valence-corrected chi connectivity index (χ3v) is 4.88. The average molecular weight is 358 g/mol. The highest BCUT2D eigenvalue weighted by molar-refractivity contribution is 6.02. The zero-order valence-corrected chi connectivity index (χ0v) is 15.5. The minimum Gasteiger partial charge on any atom is -0.324 e. The van der Waals surface area contributed by atoms with Gasteiger partial charge in [-0.15, -0.1) is 10.2 Å². The zero-order chi connectivity index (χ0) is 18.8. The highest BCUT2D eigenvalue weighted by atomic mass is 16.1. The first-order valence-electron chi connectivity index (χ1n) is 9.22. The van der Waals surface area contributed by atoms with Crippen LogP contribution >= 0.6 is 0 Å². The molecule has 0 spiro atoms. The van der Waals surface area contributed by atoms with E-state index in [1.165, 1.54) is 11.1 Å². The number of para-hydroxylation sites is 1. The number of benzene rings is 2. The van der Waals surface area contributed by atoms with E-state index in [1.54, 1.807) is 6.07 Å². The quantitative estimate of drug-likeness (QED) is 0.743. The van der Waals surface area contributed by atoms with Crippen molar-refractivity contribution in [1.82, 2.24) is 10.2 Å². The maximum absolute atomic E-state index is 12.4. The molecule has 4 rings (SSSR count). The van der Waals surface area contributed by atoms with E-state index in [-0.39, 0.29) is 5.91 Å². The van der Waals surface area contributed by atoms with Gasteiger partial charge in [0, 0.05) is 17.9 Å². The van der Waals surface area contributed by atoms with Gasteiger partial charge in [-0.3, -0.25) is 4.79 Å². The molecule has 0 saturated carbocycles.